The minimum Gasteiger partial charge on any atom is -0.497 e. The van der Waals surface area contributed by atoms with Gasteiger partial charge in [0.25, 0.3) is 0 Å². The van der Waals surface area contributed by atoms with Gasteiger partial charge in [0.2, 0.25) is 0 Å². The van der Waals surface area contributed by atoms with Crippen LogP contribution < -0.4 is 10.1 Å². The Morgan fingerprint density at radius 1 is 1.56 bits per heavy atom. The van der Waals surface area contributed by atoms with Crippen molar-refractivity contribution in [2.75, 3.05) is 33.9 Å². The Morgan fingerprint density at radius 2 is 2.39 bits per heavy atom. The summed E-state index contributed by atoms with van der Waals surface area (Å²) in [4.78, 5) is 13.1. The van der Waals surface area contributed by atoms with Crippen molar-refractivity contribution in [3.8, 4) is 5.75 Å². The van der Waals surface area contributed by atoms with Crippen LogP contribution in [0.1, 0.15) is 11.6 Å². The number of hydrogen-bond donors (Lipinski definition) is 1. The van der Waals surface area contributed by atoms with Gasteiger partial charge < -0.3 is 19.7 Å². The van der Waals surface area contributed by atoms with Crippen LogP contribution >= 0.6 is 0 Å². The molecule has 1 unspecified atom stereocenters. The van der Waals surface area contributed by atoms with Gasteiger partial charge in [0, 0.05) is 12.6 Å². The van der Waals surface area contributed by atoms with Gasteiger partial charge in [0.1, 0.15) is 12.4 Å². The van der Waals surface area contributed by atoms with Crippen molar-refractivity contribution in [3.05, 3.63) is 29.8 Å². The van der Waals surface area contributed by atoms with Crippen LogP contribution in [0.15, 0.2) is 24.3 Å². The Kier molecular flexibility index (Phi) is 4.04. The molecule has 1 fully saturated rings. The van der Waals surface area contributed by atoms with E-state index in [9.17, 15) is 4.79 Å². The first kappa shape index (κ1) is 12.7. The lowest BCUT2D eigenvalue weighted by Gasteiger charge is -2.22. The normalized spacial score (nSPS) is 16.6. The molecule has 1 aromatic rings. The monoisotopic (exact) mass is 250 g/mol. The molecule has 1 aliphatic rings. The Hall–Kier alpha value is -1.75. The molecule has 1 heterocycles. The number of amides is 1. The lowest BCUT2D eigenvalue weighted by molar-refractivity contribution is 0.156. The summed E-state index contributed by atoms with van der Waals surface area (Å²) in [5, 5.41) is 3.21. The number of likely N-dealkylation sites (N-methyl/N-ethyl adjacent to an activating group) is 1. The third-order valence-corrected chi connectivity index (χ3v) is 3.09. The predicted molar refractivity (Wildman–Crippen MR) is 67.7 cm³/mol. The van der Waals surface area contributed by atoms with E-state index in [1.54, 1.807) is 12.0 Å². The molecule has 1 N–H and O–H groups in total. The van der Waals surface area contributed by atoms with Gasteiger partial charge in [-0.3, -0.25) is 0 Å². The zero-order valence-electron chi connectivity index (χ0n) is 10.7. The van der Waals surface area contributed by atoms with Gasteiger partial charge in [-0.15, -0.1) is 0 Å². The molecular weight excluding hydrogens is 232 g/mol. The van der Waals surface area contributed by atoms with E-state index in [0.29, 0.717) is 19.7 Å². The summed E-state index contributed by atoms with van der Waals surface area (Å²) in [5.41, 5.74) is 1.09. The number of nitrogens with one attached hydrogen (secondary N) is 1. The van der Waals surface area contributed by atoms with Crippen LogP contribution in [0.2, 0.25) is 0 Å². The van der Waals surface area contributed by atoms with E-state index in [-0.39, 0.29) is 12.1 Å². The van der Waals surface area contributed by atoms with Crippen LogP contribution in [-0.4, -0.2) is 44.8 Å². The van der Waals surface area contributed by atoms with Crippen LogP contribution in [0.3, 0.4) is 0 Å². The summed E-state index contributed by atoms with van der Waals surface area (Å²) in [6.07, 6.45) is -0.238. The first-order chi connectivity index (χ1) is 8.74. The molecule has 0 aliphatic carbocycles. The first-order valence-corrected chi connectivity index (χ1v) is 5.97. The lowest BCUT2D eigenvalue weighted by Crippen LogP contribution is -2.34. The van der Waals surface area contributed by atoms with Crippen molar-refractivity contribution in [1.82, 2.24) is 10.2 Å². The fourth-order valence-electron chi connectivity index (χ4n) is 2.03. The molecule has 0 aromatic heterocycles. The summed E-state index contributed by atoms with van der Waals surface area (Å²) in [7, 11) is 3.52. The molecule has 0 radical (unpaired) electrons. The number of carbonyl (C=O) groups is 1. The van der Waals surface area contributed by atoms with E-state index in [0.717, 1.165) is 11.3 Å². The second-order valence-corrected chi connectivity index (χ2v) is 4.18. The summed E-state index contributed by atoms with van der Waals surface area (Å²) < 4.78 is 10.1. The molecule has 98 valence electrons. The third kappa shape index (κ3) is 2.73. The molecule has 5 heteroatoms. The Morgan fingerprint density at radius 3 is 3.00 bits per heavy atom. The van der Waals surface area contributed by atoms with Crippen molar-refractivity contribution in [1.29, 1.82) is 0 Å². The van der Waals surface area contributed by atoms with E-state index < -0.39 is 0 Å². The topological polar surface area (TPSA) is 50.8 Å². The molecule has 1 aromatic carbocycles. The Bertz CT molecular complexity index is 422. The van der Waals surface area contributed by atoms with Crippen LogP contribution in [0.5, 0.6) is 5.75 Å². The highest BCUT2D eigenvalue weighted by Gasteiger charge is 2.25. The van der Waals surface area contributed by atoms with E-state index in [2.05, 4.69) is 5.32 Å². The van der Waals surface area contributed by atoms with Crippen molar-refractivity contribution < 1.29 is 14.3 Å². The van der Waals surface area contributed by atoms with E-state index in [1.807, 2.05) is 31.3 Å². The molecule has 1 atom stereocenters. The summed E-state index contributed by atoms with van der Waals surface area (Å²) in [6, 6.07) is 7.92. The van der Waals surface area contributed by atoms with Crippen LogP contribution in [0, 0.1) is 0 Å². The van der Waals surface area contributed by atoms with Crippen molar-refractivity contribution in [3.63, 3.8) is 0 Å². The van der Waals surface area contributed by atoms with E-state index in [4.69, 9.17) is 9.47 Å². The third-order valence-electron chi connectivity index (χ3n) is 3.09. The summed E-state index contributed by atoms with van der Waals surface area (Å²) in [5.74, 6) is 0.816. The van der Waals surface area contributed by atoms with Gasteiger partial charge in [-0.2, -0.15) is 0 Å². The highest BCUT2D eigenvalue weighted by Crippen LogP contribution is 2.20. The van der Waals surface area contributed by atoms with Gasteiger partial charge in [-0.25, -0.2) is 4.79 Å². The minimum atomic E-state index is -0.238. The number of nitrogens with zero attached hydrogens (tertiary/aromatic N) is 1. The van der Waals surface area contributed by atoms with Crippen molar-refractivity contribution in [2.24, 2.45) is 0 Å². The van der Waals surface area contributed by atoms with E-state index in [1.165, 1.54) is 0 Å². The van der Waals surface area contributed by atoms with Gasteiger partial charge in [0.15, 0.2) is 0 Å². The molecule has 0 spiro atoms. The number of cyclic esters (lactones) is 1. The smallest absolute Gasteiger partial charge is 0.410 e. The zero-order valence-corrected chi connectivity index (χ0v) is 10.7. The molecular formula is C13H18N2O3. The van der Waals surface area contributed by atoms with Crippen LogP contribution in [0.4, 0.5) is 4.79 Å². The van der Waals surface area contributed by atoms with Gasteiger partial charge in [0.05, 0.1) is 13.7 Å². The van der Waals surface area contributed by atoms with Crippen molar-refractivity contribution >= 4 is 6.09 Å². The minimum absolute atomic E-state index is 0.0748. The van der Waals surface area contributed by atoms with Gasteiger partial charge in [-0.05, 0) is 24.7 Å². The summed E-state index contributed by atoms with van der Waals surface area (Å²) >= 11 is 0. The molecule has 18 heavy (non-hydrogen) atoms. The fourth-order valence-corrected chi connectivity index (χ4v) is 2.03. The second-order valence-electron chi connectivity index (χ2n) is 4.18. The first-order valence-electron chi connectivity index (χ1n) is 5.97. The number of carbonyl (C=O) groups excluding carboxylic acids is 1. The highest BCUT2D eigenvalue weighted by atomic mass is 16.6. The molecule has 1 saturated heterocycles. The molecule has 1 amide bonds. The van der Waals surface area contributed by atoms with Crippen LogP contribution in [0.25, 0.3) is 0 Å². The number of benzene rings is 1. The Labute approximate surface area is 107 Å². The highest BCUT2D eigenvalue weighted by molar-refractivity contribution is 5.69. The van der Waals surface area contributed by atoms with Gasteiger partial charge >= 0.3 is 6.09 Å². The van der Waals surface area contributed by atoms with Gasteiger partial charge in [-0.1, -0.05) is 12.1 Å². The Balaban J connectivity index is 2.09. The fraction of sp³-hybridized carbons (Fsp3) is 0.462. The number of rotatable bonds is 5. The SMILES string of the molecule is CNC(CN1CCOC1=O)c1cccc(OC)c1. The average Bonchev–Trinajstić information content (AvgIpc) is 2.81. The molecule has 2 rings (SSSR count). The second kappa shape index (κ2) is 5.73. The maximum Gasteiger partial charge on any atom is 0.410 e. The molecule has 0 bridgehead atoms. The molecule has 5 nitrogen and oxygen atoms in total. The maximum absolute atomic E-state index is 11.4. The maximum atomic E-state index is 11.4. The number of ether oxygens (including phenoxy) is 2. The van der Waals surface area contributed by atoms with Crippen LogP contribution in [-0.2, 0) is 4.74 Å². The molecule has 0 saturated carbocycles. The lowest BCUT2D eigenvalue weighted by atomic mass is 10.1. The average molecular weight is 250 g/mol. The quantitative estimate of drug-likeness (QED) is 0.858. The largest absolute Gasteiger partial charge is 0.497 e. The number of methoxy groups -OCH3 is 1. The van der Waals surface area contributed by atoms with Crippen molar-refractivity contribution in [2.45, 2.75) is 6.04 Å². The number of hydrogen-bond acceptors (Lipinski definition) is 4. The summed E-state index contributed by atoms with van der Waals surface area (Å²) in [6.45, 7) is 1.73. The standard InChI is InChI=1S/C13H18N2O3/c1-14-12(9-15-6-7-18-13(15)16)10-4-3-5-11(8-10)17-2/h3-5,8,12,14H,6-7,9H2,1-2H3. The zero-order chi connectivity index (χ0) is 13.0. The van der Waals surface area contributed by atoms with E-state index >= 15 is 0 Å². The molecule has 1 aliphatic heterocycles. The predicted octanol–water partition coefficient (Wildman–Crippen LogP) is 1.41.